The monoisotopic (exact) mass is 348 g/mol. The van der Waals surface area contributed by atoms with E-state index < -0.39 is 17.5 Å². The van der Waals surface area contributed by atoms with Crippen LogP contribution in [-0.4, -0.2) is 12.2 Å². The number of hydrogen-bond donors (Lipinski definition) is 0. The predicted molar refractivity (Wildman–Crippen MR) is 92.9 cm³/mol. The molecule has 1 aliphatic heterocycles. The average molecular weight is 348 g/mol. The van der Waals surface area contributed by atoms with Crippen molar-refractivity contribution in [1.82, 2.24) is 0 Å². The van der Waals surface area contributed by atoms with E-state index in [1.54, 1.807) is 0 Å². The molecule has 0 radical (unpaired) electrons. The molecule has 0 N–H and O–H groups in total. The first-order valence-corrected chi connectivity index (χ1v) is 8.96. The van der Waals surface area contributed by atoms with Crippen molar-refractivity contribution in [3.8, 4) is 11.1 Å². The second kappa shape index (κ2) is 8.05. The van der Waals surface area contributed by atoms with Gasteiger partial charge in [-0.15, -0.1) is 0 Å². The van der Waals surface area contributed by atoms with Crippen LogP contribution in [0.3, 0.4) is 0 Å². The molecule has 0 spiro atoms. The van der Waals surface area contributed by atoms with Crippen LogP contribution in [0.1, 0.15) is 44.6 Å². The van der Waals surface area contributed by atoms with Crippen molar-refractivity contribution < 1.29 is 17.9 Å². The van der Waals surface area contributed by atoms with Gasteiger partial charge in [-0.25, -0.2) is 13.2 Å². The molecule has 1 heterocycles. The van der Waals surface area contributed by atoms with Crippen LogP contribution in [0.4, 0.5) is 13.2 Å². The SMILES string of the molecule is CCCC1CCC(CCc2ccc(-c3cc(F)c(F)c(F)c3)cc2)O1. The van der Waals surface area contributed by atoms with Gasteiger partial charge in [-0.3, -0.25) is 0 Å². The highest BCUT2D eigenvalue weighted by Crippen LogP contribution is 2.27. The van der Waals surface area contributed by atoms with Gasteiger partial charge in [0.2, 0.25) is 0 Å². The van der Waals surface area contributed by atoms with Crippen LogP contribution in [0.15, 0.2) is 36.4 Å². The van der Waals surface area contributed by atoms with Crippen molar-refractivity contribution in [1.29, 1.82) is 0 Å². The van der Waals surface area contributed by atoms with Crippen LogP contribution < -0.4 is 0 Å². The van der Waals surface area contributed by atoms with Gasteiger partial charge in [0.1, 0.15) is 0 Å². The molecule has 1 aliphatic rings. The highest BCUT2D eigenvalue weighted by atomic mass is 19.2. The summed E-state index contributed by atoms with van der Waals surface area (Å²) in [5, 5.41) is 0. The van der Waals surface area contributed by atoms with E-state index in [9.17, 15) is 13.2 Å². The normalized spacial score (nSPS) is 20.2. The Labute approximate surface area is 146 Å². The van der Waals surface area contributed by atoms with Crippen molar-refractivity contribution in [2.75, 3.05) is 0 Å². The number of aryl methyl sites for hydroxylation is 1. The molecular formula is C21H23F3O. The smallest absolute Gasteiger partial charge is 0.194 e. The molecule has 134 valence electrons. The number of hydrogen-bond acceptors (Lipinski definition) is 1. The van der Waals surface area contributed by atoms with Gasteiger partial charge in [-0.1, -0.05) is 37.6 Å². The van der Waals surface area contributed by atoms with E-state index in [0.29, 0.717) is 23.3 Å². The molecule has 2 aromatic carbocycles. The average Bonchev–Trinajstić information content (AvgIpc) is 3.06. The highest BCUT2D eigenvalue weighted by molar-refractivity contribution is 5.63. The molecule has 2 atom stereocenters. The molecule has 1 nitrogen and oxygen atoms in total. The fourth-order valence-electron chi connectivity index (χ4n) is 3.44. The van der Waals surface area contributed by atoms with E-state index in [2.05, 4.69) is 6.92 Å². The Morgan fingerprint density at radius 3 is 2.08 bits per heavy atom. The van der Waals surface area contributed by atoms with Gasteiger partial charge in [0.15, 0.2) is 17.5 Å². The molecular weight excluding hydrogens is 325 g/mol. The number of halogens is 3. The maximum atomic E-state index is 13.4. The van der Waals surface area contributed by atoms with Crippen molar-refractivity contribution in [3.05, 3.63) is 59.4 Å². The molecule has 25 heavy (non-hydrogen) atoms. The summed E-state index contributed by atoms with van der Waals surface area (Å²) >= 11 is 0. The maximum absolute atomic E-state index is 13.4. The Kier molecular flexibility index (Phi) is 5.79. The molecule has 2 aromatic rings. The zero-order valence-corrected chi connectivity index (χ0v) is 14.4. The molecule has 0 aromatic heterocycles. The Hall–Kier alpha value is -1.81. The Balaban J connectivity index is 1.59. The lowest BCUT2D eigenvalue weighted by molar-refractivity contribution is 0.0361. The molecule has 0 aliphatic carbocycles. The van der Waals surface area contributed by atoms with Gasteiger partial charge in [-0.2, -0.15) is 0 Å². The van der Waals surface area contributed by atoms with Crippen molar-refractivity contribution >= 4 is 0 Å². The molecule has 0 saturated carbocycles. The largest absolute Gasteiger partial charge is 0.375 e. The van der Waals surface area contributed by atoms with Crippen LogP contribution >= 0.6 is 0 Å². The van der Waals surface area contributed by atoms with Gasteiger partial charge in [0.05, 0.1) is 12.2 Å². The van der Waals surface area contributed by atoms with Gasteiger partial charge in [0, 0.05) is 0 Å². The molecule has 1 fully saturated rings. The van der Waals surface area contributed by atoms with Crippen LogP contribution in [0, 0.1) is 17.5 Å². The van der Waals surface area contributed by atoms with Gasteiger partial charge in [-0.05, 0) is 60.9 Å². The minimum atomic E-state index is -1.43. The summed E-state index contributed by atoms with van der Waals surface area (Å²) < 4.78 is 45.8. The van der Waals surface area contributed by atoms with Crippen molar-refractivity contribution in [3.63, 3.8) is 0 Å². The summed E-state index contributed by atoms with van der Waals surface area (Å²) in [6, 6.07) is 9.58. The standard InChI is InChI=1S/C21H23F3O/c1-2-3-17-10-11-18(25-17)9-6-14-4-7-15(8-5-14)16-12-19(22)21(24)20(23)13-16/h4-5,7-8,12-13,17-18H,2-3,6,9-11H2,1H3. The summed E-state index contributed by atoms with van der Waals surface area (Å²) in [6.45, 7) is 2.18. The Bertz CT molecular complexity index is 689. The fourth-order valence-corrected chi connectivity index (χ4v) is 3.44. The lowest BCUT2D eigenvalue weighted by atomic mass is 10.00. The van der Waals surface area contributed by atoms with E-state index in [-0.39, 0.29) is 0 Å². The van der Waals surface area contributed by atoms with Crippen molar-refractivity contribution in [2.24, 2.45) is 0 Å². The number of ether oxygens (including phenoxy) is 1. The third-order valence-corrected chi connectivity index (χ3v) is 4.83. The summed E-state index contributed by atoms with van der Waals surface area (Å²) in [4.78, 5) is 0. The number of benzene rings is 2. The summed E-state index contributed by atoms with van der Waals surface area (Å²) in [7, 11) is 0. The number of rotatable bonds is 6. The third-order valence-electron chi connectivity index (χ3n) is 4.83. The molecule has 1 saturated heterocycles. The molecule has 0 bridgehead atoms. The molecule has 0 amide bonds. The van der Waals surface area contributed by atoms with Gasteiger partial charge < -0.3 is 4.74 Å². The van der Waals surface area contributed by atoms with E-state index in [4.69, 9.17) is 4.74 Å². The second-order valence-corrected chi connectivity index (χ2v) is 6.74. The first-order chi connectivity index (χ1) is 12.1. The summed E-state index contributed by atoms with van der Waals surface area (Å²) in [5.74, 6) is -3.77. The quantitative estimate of drug-likeness (QED) is 0.577. The van der Waals surface area contributed by atoms with E-state index in [1.165, 1.54) is 0 Å². The second-order valence-electron chi connectivity index (χ2n) is 6.74. The lowest BCUT2D eigenvalue weighted by Crippen LogP contribution is -2.11. The van der Waals surface area contributed by atoms with Crippen LogP contribution in [-0.2, 0) is 11.2 Å². The lowest BCUT2D eigenvalue weighted by Gasteiger charge is -2.13. The Morgan fingerprint density at radius 1 is 0.880 bits per heavy atom. The minimum absolute atomic E-state index is 0.330. The first-order valence-electron chi connectivity index (χ1n) is 8.96. The predicted octanol–water partition coefficient (Wildman–Crippen LogP) is 6.05. The van der Waals surface area contributed by atoms with Gasteiger partial charge >= 0.3 is 0 Å². The fraction of sp³-hybridized carbons (Fsp3) is 0.429. The highest BCUT2D eigenvalue weighted by Gasteiger charge is 2.24. The summed E-state index contributed by atoms with van der Waals surface area (Å²) in [6.07, 6.45) is 7.21. The van der Waals surface area contributed by atoms with Crippen LogP contribution in [0.25, 0.3) is 11.1 Å². The molecule has 4 heteroatoms. The van der Waals surface area contributed by atoms with Crippen molar-refractivity contribution in [2.45, 2.75) is 57.7 Å². The molecule has 2 unspecified atom stereocenters. The minimum Gasteiger partial charge on any atom is -0.375 e. The van der Waals surface area contributed by atoms with Crippen LogP contribution in [0.5, 0.6) is 0 Å². The third kappa shape index (κ3) is 4.43. The zero-order valence-electron chi connectivity index (χ0n) is 14.4. The maximum Gasteiger partial charge on any atom is 0.194 e. The van der Waals surface area contributed by atoms with E-state index >= 15 is 0 Å². The van der Waals surface area contributed by atoms with Crippen LogP contribution in [0.2, 0.25) is 0 Å². The first kappa shape index (κ1) is 18.0. The van der Waals surface area contributed by atoms with E-state index in [0.717, 1.165) is 56.2 Å². The summed E-state index contributed by atoms with van der Waals surface area (Å²) in [5.41, 5.74) is 2.17. The Morgan fingerprint density at radius 2 is 1.48 bits per heavy atom. The zero-order chi connectivity index (χ0) is 17.8. The topological polar surface area (TPSA) is 9.23 Å². The van der Waals surface area contributed by atoms with Gasteiger partial charge in [0.25, 0.3) is 0 Å². The van der Waals surface area contributed by atoms with E-state index in [1.807, 2.05) is 24.3 Å². The molecule has 3 rings (SSSR count).